The quantitative estimate of drug-likeness (QED) is 0.863. The van der Waals surface area contributed by atoms with Gasteiger partial charge in [-0.1, -0.05) is 5.21 Å². The summed E-state index contributed by atoms with van der Waals surface area (Å²) < 4.78 is 7.00. The van der Waals surface area contributed by atoms with E-state index in [-0.39, 0.29) is 5.54 Å². The molecule has 0 aliphatic heterocycles. The molecule has 1 aromatic rings. The average Bonchev–Trinajstić information content (AvgIpc) is 2.72. The fourth-order valence-corrected chi connectivity index (χ4v) is 2.20. The Morgan fingerprint density at radius 3 is 2.75 bits per heavy atom. The van der Waals surface area contributed by atoms with Crippen molar-refractivity contribution in [3.05, 3.63) is 11.9 Å². The molecule has 1 heterocycles. The Labute approximate surface area is 118 Å². The second kappa shape index (κ2) is 5.40. The number of hydrogen-bond acceptors (Lipinski definition) is 5. The van der Waals surface area contributed by atoms with Crippen LogP contribution >= 0.6 is 0 Å². The van der Waals surface area contributed by atoms with Gasteiger partial charge in [-0.15, -0.1) is 5.10 Å². The van der Waals surface area contributed by atoms with Gasteiger partial charge in [0.2, 0.25) is 0 Å². The summed E-state index contributed by atoms with van der Waals surface area (Å²) in [5, 5.41) is 10.9. The summed E-state index contributed by atoms with van der Waals surface area (Å²) >= 11 is 0. The summed E-state index contributed by atoms with van der Waals surface area (Å²) in [6.07, 6.45) is 4.63. The minimum atomic E-state index is -0.503. The first-order valence-corrected chi connectivity index (χ1v) is 6.93. The van der Waals surface area contributed by atoms with E-state index in [1.165, 1.54) is 6.42 Å². The van der Waals surface area contributed by atoms with Gasteiger partial charge in [-0.3, -0.25) is 0 Å². The van der Waals surface area contributed by atoms with E-state index >= 15 is 0 Å². The Morgan fingerprint density at radius 2 is 2.25 bits per heavy atom. The second-order valence-electron chi connectivity index (χ2n) is 6.29. The standard InChI is InChI=1S/C13H23N5O2/c1-12(2,3)20-11(19)15-7-10-8-18(17-16-10)13(9-14)5-4-6-13/h8H,4-7,9,14H2,1-3H3,(H,15,19). The van der Waals surface area contributed by atoms with Crippen LogP contribution in [0.2, 0.25) is 0 Å². The Bertz CT molecular complexity index is 468. The number of carbonyl (C=O) groups excluding carboxylic acids is 1. The molecule has 0 atom stereocenters. The summed E-state index contributed by atoms with van der Waals surface area (Å²) in [4.78, 5) is 11.6. The molecule has 3 N–H and O–H groups in total. The zero-order valence-corrected chi connectivity index (χ0v) is 12.3. The molecule has 7 heteroatoms. The zero-order valence-electron chi connectivity index (χ0n) is 12.3. The second-order valence-corrected chi connectivity index (χ2v) is 6.29. The lowest BCUT2D eigenvalue weighted by atomic mass is 9.77. The van der Waals surface area contributed by atoms with Gasteiger partial charge in [-0.05, 0) is 40.0 Å². The van der Waals surface area contributed by atoms with Crippen LogP contribution < -0.4 is 11.1 Å². The zero-order chi connectivity index (χ0) is 14.8. The lowest BCUT2D eigenvalue weighted by Gasteiger charge is -2.40. The van der Waals surface area contributed by atoms with Crippen molar-refractivity contribution >= 4 is 6.09 Å². The van der Waals surface area contributed by atoms with Crippen molar-refractivity contribution in [1.29, 1.82) is 0 Å². The van der Waals surface area contributed by atoms with Gasteiger partial charge in [0.05, 0.1) is 18.3 Å². The topological polar surface area (TPSA) is 95.1 Å². The van der Waals surface area contributed by atoms with Crippen LogP contribution in [-0.2, 0) is 16.8 Å². The summed E-state index contributed by atoms with van der Waals surface area (Å²) in [5.74, 6) is 0. The van der Waals surface area contributed by atoms with Crippen LogP contribution in [0.15, 0.2) is 6.20 Å². The van der Waals surface area contributed by atoms with Crippen LogP contribution in [-0.4, -0.2) is 33.2 Å². The number of amides is 1. The van der Waals surface area contributed by atoms with Crippen LogP contribution in [0.1, 0.15) is 45.7 Å². The van der Waals surface area contributed by atoms with Crippen molar-refractivity contribution in [3.8, 4) is 0 Å². The molecule has 2 rings (SSSR count). The van der Waals surface area contributed by atoms with Crippen molar-refractivity contribution in [2.45, 2.75) is 57.7 Å². The van der Waals surface area contributed by atoms with Crippen molar-refractivity contribution in [1.82, 2.24) is 20.3 Å². The van der Waals surface area contributed by atoms with E-state index in [2.05, 4.69) is 15.6 Å². The molecule has 0 spiro atoms. The highest BCUT2D eigenvalue weighted by atomic mass is 16.6. The number of nitrogens with one attached hydrogen (secondary N) is 1. The minimum Gasteiger partial charge on any atom is -0.444 e. The van der Waals surface area contributed by atoms with Crippen LogP contribution in [0.25, 0.3) is 0 Å². The van der Waals surface area contributed by atoms with Crippen LogP contribution in [0.5, 0.6) is 0 Å². The third kappa shape index (κ3) is 3.27. The molecular formula is C13H23N5O2. The fraction of sp³-hybridized carbons (Fsp3) is 0.769. The SMILES string of the molecule is CC(C)(C)OC(=O)NCc1cn(C2(CN)CCC2)nn1. The maximum Gasteiger partial charge on any atom is 0.407 e. The maximum absolute atomic E-state index is 11.6. The van der Waals surface area contributed by atoms with Crippen molar-refractivity contribution in [2.75, 3.05) is 6.54 Å². The van der Waals surface area contributed by atoms with Gasteiger partial charge in [0, 0.05) is 6.54 Å². The van der Waals surface area contributed by atoms with E-state index in [1.807, 2.05) is 31.6 Å². The summed E-state index contributed by atoms with van der Waals surface area (Å²) in [6.45, 7) is 6.34. The molecule has 0 unspecified atom stereocenters. The third-order valence-corrected chi connectivity index (χ3v) is 3.50. The minimum absolute atomic E-state index is 0.0723. The Kier molecular flexibility index (Phi) is 3.99. The molecule has 1 fully saturated rings. The number of nitrogens with two attached hydrogens (primary N) is 1. The number of aromatic nitrogens is 3. The highest BCUT2D eigenvalue weighted by molar-refractivity contribution is 5.67. The molecule has 0 saturated heterocycles. The van der Waals surface area contributed by atoms with E-state index in [9.17, 15) is 4.79 Å². The molecule has 0 radical (unpaired) electrons. The summed E-state index contributed by atoms with van der Waals surface area (Å²) in [5.41, 5.74) is 5.95. The van der Waals surface area contributed by atoms with E-state index in [1.54, 1.807) is 0 Å². The predicted octanol–water partition coefficient (Wildman–Crippen LogP) is 1.14. The first-order valence-electron chi connectivity index (χ1n) is 6.93. The van der Waals surface area contributed by atoms with Crippen LogP contribution in [0, 0.1) is 0 Å². The molecule has 1 amide bonds. The Morgan fingerprint density at radius 1 is 1.55 bits per heavy atom. The number of rotatable bonds is 4. The van der Waals surface area contributed by atoms with Gasteiger partial charge in [-0.25, -0.2) is 9.48 Å². The van der Waals surface area contributed by atoms with Crippen molar-refractivity contribution in [3.63, 3.8) is 0 Å². The highest BCUT2D eigenvalue weighted by Gasteiger charge is 2.38. The molecular weight excluding hydrogens is 258 g/mol. The summed E-state index contributed by atoms with van der Waals surface area (Å²) in [7, 11) is 0. The van der Waals surface area contributed by atoms with E-state index in [0.717, 1.165) is 12.8 Å². The van der Waals surface area contributed by atoms with E-state index in [4.69, 9.17) is 10.5 Å². The van der Waals surface area contributed by atoms with Crippen molar-refractivity contribution in [2.24, 2.45) is 5.73 Å². The molecule has 1 aromatic heterocycles. The van der Waals surface area contributed by atoms with Gasteiger partial charge in [0.15, 0.2) is 0 Å². The molecule has 1 aliphatic rings. The predicted molar refractivity (Wildman–Crippen MR) is 74.0 cm³/mol. The summed E-state index contributed by atoms with van der Waals surface area (Å²) in [6, 6.07) is 0. The van der Waals surface area contributed by atoms with E-state index < -0.39 is 11.7 Å². The van der Waals surface area contributed by atoms with Gasteiger partial charge in [0.25, 0.3) is 0 Å². The monoisotopic (exact) mass is 281 g/mol. The highest BCUT2D eigenvalue weighted by Crippen LogP contribution is 2.37. The average molecular weight is 281 g/mol. The lowest BCUT2D eigenvalue weighted by molar-refractivity contribution is 0.0523. The number of alkyl carbamates (subject to hydrolysis) is 1. The van der Waals surface area contributed by atoms with Gasteiger partial charge >= 0.3 is 6.09 Å². The maximum atomic E-state index is 11.6. The molecule has 0 bridgehead atoms. The van der Waals surface area contributed by atoms with Crippen molar-refractivity contribution < 1.29 is 9.53 Å². The largest absolute Gasteiger partial charge is 0.444 e. The molecule has 20 heavy (non-hydrogen) atoms. The first-order chi connectivity index (χ1) is 9.35. The molecule has 7 nitrogen and oxygen atoms in total. The van der Waals surface area contributed by atoms with E-state index in [0.29, 0.717) is 18.8 Å². The van der Waals surface area contributed by atoms with Crippen LogP contribution in [0.3, 0.4) is 0 Å². The lowest BCUT2D eigenvalue weighted by Crippen LogP contribution is -2.47. The normalized spacial score (nSPS) is 17.4. The number of hydrogen-bond donors (Lipinski definition) is 2. The fourth-order valence-electron chi connectivity index (χ4n) is 2.20. The smallest absolute Gasteiger partial charge is 0.407 e. The Balaban J connectivity index is 1.89. The van der Waals surface area contributed by atoms with Gasteiger partial charge < -0.3 is 15.8 Å². The molecule has 1 aliphatic carbocycles. The molecule has 0 aromatic carbocycles. The van der Waals surface area contributed by atoms with Gasteiger partial charge in [-0.2, -0.15) is 0 Å². The Hall–Kier alpha value is -1.63. The molecule has 112 valence electrons. The number of carbonyl (C=O) groups is 1. The third-order valence-electron chi connectivity index (χ3n) is 3.50. The molecule has 1 saturated carbocycles. The first kappa shape index (κ1) is 14.8. The van der Waals surface area contributed by atoms with Crippen LogP contribution in [0.4, 0.5) is 4.79 Å². The van der Waals surface area contributed by atoms with Gasteiger partial charge in [0.1, 0.15) is 11.3 Å². The number of nitrogens with zero attached hydrogens (tertiary/aromatic N) is 3. The number of ether oxygens (including phenoxy) is 1.